The molecule has 1 saturated heterocycles. The van der Waals surface area contributed by atoms with Crippen molar-refractivity contribution in [3.05, 3.63) is 58.6 Å². The summed E-state index contributed by atoms with van der Waals surface area (Å²) in [7, 11) is 1.59. The van der Waals surface area contributed by atoms with Gasteiger partial charge in [-0.1, -0.05) is 0 Å². The highest BCUT2D eigenvalue weighted by Crippen LogP contribution is 2.31. The Kier molecular flexibility index (Phi) is 7.06. The van der Waals surface area contributed by atoms with Crippen LogP contribution in [0.3, 0.4) is 0 Å². The summed E-state index contributed by atoms with van der Waals surface area (Å²) in [4.78, 5) is 25.2. The Labute approximate surface area is 203 Å². The molecule has 35 heavy (non-hydrogen) atoms. The number of ether oxygens (including phenoxy) is 3. The highest BCUT2D eigenvalue weighted by Gasteiger charge is 2.40. The van der Waals surface area contributed by atoms with E-state index in [1.165, 1.54) is 11.3 Å². The van der Waals surface area contributed by atoms with Crippen molar-refractivity contribution >= 4 is 17.2 Å². The molecule has 0 radical (unpaired) electrons. The molecule has 12 heteroatoms. The molecule has 1 atom stereocenters. The number of alkyl halides is 3. The molecule has 1 aromatic carbocycles. The van der Waals surface area contributed by atoms with Gasteiger partial charge >= 0.3 is 6.18 Å². The van der Waals surface area contributed by atoms with Crippen molar-refractivity contribution in [2.45, 2.75) is 31.7 Å². The minimum absolute atomic E-state index is 0.240. The number of amides is 1. The van der Waals surface area contributed by atoms with Gasteiger partial charge in [-0.25, -0.2) is 15.0 Å². The van der Waals surface area contributed by atoms with Gasteiger partial charge in [-0.2, -0.15) is 13.2 Å². The van der Waals surface area contributed by atoms with Gasteiger partial charge in [0.05, 0.1) is 19.3 Å². The Balaban J connectivity index is 1.55. The lowest BCUT2D eigenvalue weighted by Gasteiger charge is -2.39. The van der Waals surface area contributed by atoms with Crippen LogP contribution in [0.5, 0.6) is 5.75 Å². The van der Waals surface area contributed by atoms with E-state index in [-0.39, 0.29) is 6.61 Å². The van der Waals surface area contributed by atoms with Gasteiger partial charge in [0, 0.05) is 47.3 Å². The first kappa shape index (κ1) is 25.0. The third-order valence-corrected chi connectivity index (χ3v) is 6.44. The minimum Gasteiger partial charge on any atom is -0.490 e. The molecule has 0 saturated carbocycles. The van der Waals surface area contributed by atoms with Crippen LogP contribution in [0, 0.1) is 6.92 Å². The fourth-order valence-corrected chi connectivity index (χ4v) is 4.05. The fourth-order valence-electron chi connectivity index (χ4n) is 3.30. The number of nitrogens with one attached hydrogen (secondary N) is 1. The highest BCUT2D eigenvalue weighted by atomic mass is 32.1. The average Bonchev–Trinajstić information content (AvgIpc) is 3.24. The molecule has 1 aliphatic heterocycles. The molecule has 1 amide bonds. The second-order valence-electron chi connectivity index (χ2n) is 8.22. The van der Waals surface area contributed by atoms with E-state index in [1.807, 2.05) is 6.92 Å². The summed E-state index contributed by atoms with van der Waals surface area (Å²) in [5.41, 5.74) is 0.809. The highest BCUT2D eigenvalue weighted by molar-refractivity contribution is 7.14. The van der Waals surface area contributed by atoms with Crippen molar-refractivity contribution in [3.8, 4) is 16.3 Å². The number of thiazole rings is 1. The van der Waals surface area contributed by atoms with Gasteiger partial charge in [0.1, 0.15) is 23.0 Å². The van der Waals surface area contributed by atoms with E-state index in [9.17, 15) is 18.0 Å². The SMILES string of the molecule is COC1(COc2cc(C(=O)N[C@H](C)c3cnc(C(F)(F)F)nc3)cc(-c3ncc(C)s3)c2)COC1. The van der Waals surface area contributed by atoms with Crippen LogP contribution in [0.25, 0.3) is 10.6 Å². The molecular formula is C23H23F3N4O4S. The second-order valence-corrected chi connectivity index (χ2v) is 9.46. The van der Waals surface area contributed by atoms with E-state index >= 15 is 0 Å². The minimum atomic E-state index is -4.64. The number of carbonyl (C=O) groups is 1. The van der Waals surface area contributed by atoms with Gasteiger partial charge in [-0.3, -0.25) is 4.79 Å². The van der Waals surface area contributed by atoms with E-state index in [1.54, 1.807) is 38.4 Å². The first-order chi connectivity index (χ1) is 16.6. The maximum absolute atomic E-state index is 13.1. The van der Waals surface area contributed by atoms with Gasteiger partial charge in [0.15, 0.2) is 0 Å². The van der Waals surface area contributed by atoms with Crippen molar-refractivity contribution in [1.82, 2.24) is 20.3 Å². The number of rotatable bonds is 8. The topological polar surface area (TPSA) is 95.5 Å². The van der Waals surface area contributed by atoms with Gasteiger partial charge < -0.3 is 19.5 Å². The molecule has 8 nitrogen and oxygen atoms in total. The zero-order valence-electron chi connectivity index (χ0n) is 19.2. The molecule has 0 aliphatic carbocycles. The zero-order valence-corrected chi connectivity index (χ0v) is 20.0. The Morgan fingerprint density at radius 1 is 1.20 bits per heavy atom. The standard InChI is InChI=1S/C23H23F3N4O4S/c1-13-7-27-20(35-13)16-4-15(5-18(6-16)34-12-22(32-3)10-33-11-22)19(31)30-14(2)17-8-28-21(29-9-17)23(24,25)26/h4-9,14H,10-12H2,1-3H3,(H,30,31)/t14-/m1/s1. The third-order valence-electron chi connectivity index (χ3n) is 5.48. The first-order valence-electron chi connectivity index (χ1n) is 10.6. The summed E-state index contributed by atoms with van der Waals surface area (Å²) in [6.07, 6.45) is -0.793. The lowest BCUT2D eigenvalue weighted by molar-refractivity contribution is -0.208. The molecule has 3 heterocycles. The second kappa shape index (κ2) is 9.88. The maximum Gasteiger partial charge on any atom is 0.451 e. The summed E-state index contributed by atoms with van der Waals surface area (Å²) >= 11 is 1.48. The van der Waals surface area contributed by atoms with Crippen molar-refractivity contribution < 1.29 is 32.2 Å². The normalized spacial score (nSPS) is 15.8. The van der Waals surface area contributed by atoms with Crippen molar-refractivity contribution in [2.75, 3.05) is 26.9 Å². The lowest BCUT2D eigenvalue weighted by atomic mass is 10.0. The molecule has 2 aromatic heterocycles. The molecule has 1 fully saturated rings. The van der Waals surface area contributed by atoms with Gasteiger partial charge in [0.25, 0.3) is 5.91 Å². The quantitative estimate of drug-likeness (QED) is 0.487. The van der Waals surface area contributed by atoms with Gasteiger partial charge in [-0.05, 0) is 32.0 Å². The van der Waals surface area contributed by atoms with Crippen LogP contribution < -0.4 is 10.1 Å². The van der Waals surface area contributed by atoms with E-state index in [0.29, 0.717) is 35.7 Å². The number of benzene rings is 1. The van der Waals surface area contributed by atoms with Crippen molar-refractivity contribution in [2.24, 2.45) is 0 Å². The van der Waals surface area contributed by atoms with E-state index in [0.717, 1.165) is 22.3 Å². The van der Waals surface area contributed by atoms with Gasteiger partial charge in [-0.15, -0.1) is 11.3 Å². The molecule has 0 unspecified atom stereocenters. The molecule has 4 rings (SSSR count). The molecule has 0 bridgehead atoms. The number of carbonyl (C=O) groups excluding carboxylic acids is 1. The van der Waals surface area contributed by atoms with E-state index in [2.05, 4.69) is 20.3 Å². The van der Waals surface area contributed by atoms with Crippen LogP contribution in [0.4, 0.5) is 13.2 Å². The molecular weight excluding hydrogens is 485 g/mol. The number of hydrogen-bond donors (Lipinski definition) is 1. The van der Waals surface area contributed by atoms with Crippen LogP contribution in [0.2, 0.25) is 0 Å². The van der Waals surface area contributed by atoms with Crippen LogP contribution in [-0.2, 0) is 15.7 Å². The molecule has 186 valence electrons. The summed E-state index contributed by atoms with van der Waals surface area (Å²) in [5, 5.41) is 3.49. The average molecular weight is 509 g/mol. The number of aromatic nitrogens is 3. The van der Waals surface area contributed by atoms with Crippen LogP contribution in [-0.4, -0.2) is 53.4 Å². The molecule has 0 spiro atoms. The maximum atomic E-state index is 13.1. The number of hydrogen-bond acceptors (Lipinski definition) is 8. The summed E-state index contributed by atoms with van der Waals surface area (Å²) in [6, 6.07) is 4.45. The van der Waals surface area contributed by atoms with Gasteiger partial charge in [0.2, 0.25) is 5.82 Å². The van der Waals surface area contributed by atoms with Crippen molar-refractivity contribution in [1.29, 1.82) is 0 Å². The molecule has 1 N–H and O–H groups in total. The summed E-state index contributed by atoms with van der Waals surface area (Å²) < 4.78 is 54.9. The lowest BCUT2D eigenvalue weighted by Crippen LogP contribution is -2.55. The van der Waals surface area contributed by atoms with Crippen LogP contribution in [0.1, 0.15) is 39.6 Å². The third kappa shape index (κ3) is 5.77. The largest absolute Gasteiger partial charge is 0.490 e. The van der Waals surface area contributed by atoms with Crippen LogP contribution in [0.15, 0.2) is 36.8 Å². The van der Waals surface area contributed by atoms with E-state index in [4.69, 9.17) is 14.2 Å². The number of aryl methyl sites for hydroxylation is 1. The summed E-state index contributed by atoms with van der Waals surface area (Å²) in [6.45, 7) is 4.63. The predicted octanol–water partition coefficient (Wildman–Crippen LogP) is 4.21. The Hall–Kier alpha value is -3.09. The Bertz CT molecular complexity index is 1190. The number of methoxy groups -OCH3 is 1. The Morgan fingerprint density at radius 3 is 2.46 bits per heavy atom. The number of nitrogens with zero attached hydrogens (tertiary/aromatic N) is 3. The molecule has 3 aromatic rings. The monoisotopic (exact) mass is 508 g/mol. The predicted molar refractivity (Wildman–Crippen MR) is 121 cm³/mol. The summed E-state index contributed by atoms with van der Waals surface area (Å²) in [5.74, 6) is -1.22. The van der Waals surface area contributed by atoms with Crippen molar-refractivity contribution in [3.63, 3.8) is 0 Å². The molecule has 1 aliphatic rings. The Morgan fingerprint density at radius 2 is 1.91 bits per heavy atom. The number of halogens is 3. The fraction of sp³-hybridized carbons (Fsp3) is 0.391. The zero-order chi connectivity index (χ0) is 25.2. The van der Waals surface area contributed by atoms with E-state index < -0.39 is 29.6 Å². The smallest absolute Gasteiger partial charge is 0.451 e. The van der Waals surface area contributed by atoms with Crippen LogP contribution >= 0.6 is 11.3 Å². The first-order valence-corrected chi connectivity index (χ1v) is 11.4.